The molecule has 0 bridgehead atoms. The number of amides is 1. The van der Waals surface area contributed by atoms with Crippen LogP contribution in [0.25, 0.3) is 0 Å². The lowest BCUT2D eigenvalue weighted by atomic mass is 10.2. The quantitative estimate of drug-likeness (QED) is 0.772. The number of likely N-dealkylation sites (N-methyl/N-ethyl adjacent to an activating group) is 1. The molecule has 1 aliphatic rings. The molecular weight excluding hydrogens is 292 g/mol. The summed E-state index contributed by atoms with van der Waals surface area (Å²) in [7, 11) is -2.04. The molecule has 0 saturated carbocycles. The summed E-state index contributed by atoms with van der Waals surface area (Å²) >= 11 is 0. The number of hydrogen-bond acceptors (Lipinski definition) is 4. The third kappa shape index (κ3) is 3.30. The standard InChI is InChI=1S/C14H18N2O4S/c1-11(17)12-4-6-13(7-5-12)21(19,20)16-9-3-8-15(2)14(18)10-16/h4-7H,3,8-10H2,1-2H3. The van der Waals surface area contributed by atoms with E-state index in [0.717, 1.165) is 0 Å². The molecule has 0 atom stereocenters. The molecule has 1 saturated heterocycles. The predicted octanol–water partition coefficient (Wildman–Crippen LogP) is 0.742. The van der Waals surface area contributed by atoms with Crippen LogP contribution in [0.1, 0.15) is 23.7 Å². The Morgan fingerprint density at radius 2 is 1.76 bits per heavy atom. The van der Waals surface area contributed by atoms with Crippen molar-refractivity contribution in [3.05, 3.63) is 29.8 Å². The lowest BCUT2D eigenvalue weighted by Gasteiger charge is -2.19. The molecule has 1 fully saturated rings. The van der Waals surface area contributed by atoms with E-state index in [1.54, 1.807) is 7.05 Å². The zero-order chi connectivity index (χ0) is 15.6. The van der Waals surface area contributed by atoms with Crippen LogP contribution in [0.4, 0.5) is 0 Å². The van der Waals surface area contributed by atoms with Crippen molar-refractivity contribution >= 4 is 21.7 Å². The van der Waals surface area contributed by atoms with E-state index < -0.39 is 10.0 Å². The number of sulfonamides is 1. The van der Waals surface area contributed by atoms with E-state index in [0.29, 0.717) is 25.1 Å². The van der Waals surface area contributed by atoms with E-state index in [2.05, 4.69) is 0 Å². The molecular formula is C14H18N2O4S. The third-order valence-corrected chi connectivity index (χ3v) is 5.40. The predicted molar refractivity (Wildman–Crippen MR) is 77.5 cm³/mol. The van der Waals surface area contributed by atoms with Crippen molar-refractivity contribution in [2.24, 2.45) is 0 Å². The molecule has 1 heterocycles. The van der Waals surface area contributed by atoms with E-state index in [9.17, 15) is 18.0 Å². The Kier molecular flexibility index (Phi) is 4.43. The van der Waals surface area contributed by atoms with Crippen molar-refractivity contribution in [2.45, 2.75) is 18.2 Å². The number of carbonyl (C=O) groups excluding carboxylic acids is 2. The highest BCUT2D eigenvalue weighted by Crippen LogP contribution is 2.18. The maximum atomic E-state index is 12.5. The van der Waals surface area contributed by atoms with Gasteiger partial charge in [0.15, 0.2) is 5.78 Å². The van der Waals surface area contributed by atoms with Gasteiger partial charge in [-0.1, -0.05) is 12.1 Å². The zero-order valence-corrected chi connectivity index (χ0v) is 12.9. The van der Waals surface area contributed by atoms with Crippen molar-refractivity contribution in [1.29, 1.82) is 0 Å². The number of hydrogen-bond donors (Lipinski definition) is 0. The van der Waals surface area contributed by atoms with Crippen molar-refractivity contribution in [3.63, 3.8) is 0 Å². The minimum Gasteiger partial charge on any atom is -0.345 e. The molecule has 1 aromatic carbocycles. The van der Waals surface area contributed by atoms with Gasteiger partial charge in [0.2, 0.25) is 15.9 Å². The lowest BCUT2D eigenvalue weighted by molar-refractivity contribution is -0.129. The molecule has 6 nitrogen and oxygen atoms in total. The monoisotopic (exact) mass is 310 g/mol. The fraction of sp³-hybridized carbons (Fsp3) is 0.429. The number of Topliss-reactive ketones (excluding diaryl/α,β-unsaturated/α-hetero) is 1. The van der Waals surface area contributed by atoms with Gasteiger partial charge < -0.3 is 4.90 Å². The van der Waals surface area contributed by atoms with Crippen molar-refractivity contribution < 1.29 is 18.0 Å². The van der Waals surface area contributed by atoms with Crippen LogP contribution in [0.3, 0.4) is 0 Å². The summed E-state index contributed by atoms with van der Waals surface area (Å²) in [5.41, 5.74) is 0.459. The van der Waals surface area contributed by atoms with E-state index in [-0.39, 0.29) is 23.1 Å². The normalized spacial score (nSPS) is 17.6. The lowest BCUT2D eigenvalue weighted by Crippen LogP contribution is -2.38. The van der Waals surface area contributed by atoms with Gasteiger partial charge >= 0.3 is 0 Å². The van der Waals surface area contributed by atoms with E-state index in [1.165, 1.54) is 40.4 Å². The van der Waals surface area contributed by atoms with Gasteiger partial charge in [0.1, 0.15) is 0 Å². The summed E-state index contributed by atoms with van der Waals surface area (Å²) in [6.07, 6.45) is 0.604. The SMILES string of the molecule is CC(=O)c1ccc(S(=O)(=O)N2CCCN(C)C(=O)C2)cc1. The van der Waals surface area contributed by atoms with Crippen LogP contribution in [0.2, 0.25) is 0 Å². The third-order valence-electron chi connectivity index (χ3n) is 3.54. The average molecular weight is 310 g/mol. The van der Waals surface area contributed by atoms with Crippen LogP contribution >= 0.6 is 0 Å². The molecule has 114 valence electrons. The van der Waals surface area contributed by atoms with Crippen LogP contribution in [-0.2, 0) is 14.8 Å². The summed E-state index contributed by atoms with van der Waals surface area (Å²) in [5, 5.41) is 0. The Morgan fingerprint density at radius 3 is 2.33 bits per heavy atom. The maximum Gasteiger partial charge on any atom is 0.243 e. The highest BCUT2D eigenvalue weighted by Gasteiger charge is 2.29. The van der Waals surface area contributed by atoms with Gasteiger partial charge in [-0.3, -0.25) is 9.59 Å². The molecule has 0 aliphatic carbocycles. The minimum absolute atomic E-state index is 0.102. The molecule has 2 rings (SSSR count). The fourth-order valence-electron chi connectivity index (χ4n) is 2.18. The second-order valence-corrected chi connectivity index (χ2v) is 7.03. The van der Waals surface area contributed by atoms with Crippen LogP contribution < -0.4 is 0 Å². The summed E-state index contributed by atoms with van der Waals surface area (Å²) in [5.74, 6) is -0.332. The first kappa shape index (κ1) is 15.7. The van der Waals surface area contributed by atoms with Crippen LogP contribution in [0.5, 0.6) is 0 Å². The van der Waals surface area contributed by atoms with E-state index in [4.69, 9.17) is 0 Å². The van der Waals surface area contributed by atoms with Gasteiger partial charge in [-0.2, -0.15) is 4.31 Å². The second kappa shape index (κ2) is 5.95. The van der Waals surface area contributed by atoms with E-state index in [1.807, 2.05) is 0 Å². The van der Waals surface area contributed by atoms with Crippen LogP contribution in [0.15, 0.2) is 29.2 Å². The highest BCUT2D eigenvalue weighted by molar-refractivity contribution is 7.89. The number of rotatable bonds is 3. The largest absolute Gasteiger partial charge is 0.345 e. The summed E-state index contributed by atoms with van der Waals surface area (Å²) in [6, 6.07) is 5.79. The number of carbonyl (C=O) groups is 2. The van der Waals surface area contributed by atoms with Gasteiger partial charge in [0.25, 0.3) is 0 Å². The van der Waals surface area contributed by atoms with Gasteiger partial charge in [-0.25, -0.2) is 8.42 Å². The second-order valence-electron chi connectivity index (χ2n) is 5.09. The summed E-state index contributed by atoms with van der Waals surface area (Å²) < 4.78 is 26.3. The Balaban J connectivity index is 2.28. The number of nitrogens with zero attached hydrogens (tertiary/aromatic N) is 2. The Hall–Kier alpha value is -1.73. The first-order valence-corrected chi connectivity index (χ1v) is 8.11. The summed E-state index contributed by atoms with van der Waals surface area (Å²) in [6.45, 7) is 2.14. The van der Waals surface area contributed by atoms with Gasteiger partial charge in [0, 0.05) is 25.7 Å². The maximum absolute atomic E-state index is 12.5. The van der Waals surface area contributed by atoms with Gasteiger partial charge in [-0.05, 0) is 25.5 Å². The molecule has 0 aromatic heterocycles. The fourth-order valence-corrected chi connectivity index (χ4v) is 3.60. The first-order valence-electron chi connectivity index (χ1n) is 6.67. The smallest absolute Gasteiger partial charge is 0.243 e. The zero-order valence-electron chi connectivity index (χ0n) is 12.1. The van der Waals surface area contributed by atoms with Gasteiger partial charge in [-0.15, -0.1) is 0 Å². The summed E-state index contributed by atoms with van der Waals surface area (Å²) in [4.78, 5) is 24.7. The Bertz CT molecular complexity index is 652. The average Bonchev–Trinajstić information content (AvgIpc) is 2.61. The number of benzene rings is 1. The van der Waals surface area contributed by atoms with Crippen LogP contribution in [0, 0.1) is 0 Å². The molecule has 1 aliphatic heterocycles. The molecule has 1 aromatic rings. The van der Waals surface area contributed by atoms with Crippen molar-refractivity contribution in [2.75, 3.05) is 26.7 Å². The first-order chi connectivity index (χ1) is 9.82. The Morgan fingerprint density at radius 1 is 1.14 bits per heavy atom. The molecule has 0 radical (unpaired) electrons. The van der Waals surface area contributed by atoms with Crippen molar-refractivity contribution in [1.82, 2.24) is 9.21 Å². The Labute approximate surface area is 124 Å². The van der Waals surface area contributed by atoms with Crippen LogP contribution in [-0.4, -0.2) is 56.0 Å². The molecule has 21 heavy (non-hydrogen) atoms. The van der Waals surface area contributed by atoms with Crippen molar-refractivity contribution in [3.8, 4) is 0 Å². The highest BCUT2D eigenvalue weighted by atomic mass is 32.2. The minimum atomic E-state index is -3.71. The number of ketones is 1. The molecule has 0 N–H and O–H groups in total. The topological polar surface area (TPSA) is 74.8 Å². The van der Waals surface area contributed by atoms with Gasteiger partial charge in [0.05, 0.1) is 11.4 Å². The molecule has 0 unspecified atom stereocenters. The molecule has 0 spiro atoms. The van der Waals surface area contributed by atoms with E-state index >= 15 is 0 Å². The molecule has 1 amide bonds. The molecule has 7 heteroatoms.